The molecule has 0 amide bonds. The lowest BCUT2D eigenvalue weighted by Gasteiger charge is -1.96. The lowest BCUT2D eigenvalue weighted by molar-refractivity contribution is -0.110. The Labute approximate surface area is 104 Å². The summed E-state index contributed by atoms with van der Waals surface area (Å²) >= 11 is 1.25. The maximum atomic E-state index is 11.2. The minimum absolute atomic E-state index is 0. The zero-order valence-electron chi connectivity index (χ0n) is 8.73. The second-order valence-corrected chi connectivity index (χ2v) is 3.73. The number of carbonyl (C=O) groups excluding carboxylic acids is 1. The number of amidine groups is 1. The second-order valence-electron chi connectivity index (χ2n) is 2.68. The maximum Gasteiger partial charge on any atom is 0.374 e. The monoisotopic (exact) mass is 264 g/mol. The first-order valence-corrected chi connectivity index (χ1v) is 5.38. The summed E-state index contributed by atoms with van der Waals surface area (Å²) in [6, 6.07) is 3.27. The van der Waals surface area contributed by atoms with Gasteiger partial charge in [-0.3, -0.25) is 11.1 Å². The number of halogens is 1. The quantitative estimate of drug-likeness (QED) is 0.339. The van der Waals surface area contributed by atoms with E-state index in [1.54, 1.807) is 19.1 Å². The Balaban J connectivity index is 0.00000225. The van der Waals surface area contributed by atoms with Gasteiger partial charge in [0.25, 0.3) is 5.17 Å². The van der Waals surface area contributed by atoms with E-state index in [9.17, 15) is 4.79 Å². The van der Waals surface area contributed by atoms with Crippen LogP contribution in [0.5, 0.6) is 0 Å². The van der Waals surface area contributed by atoms with E-state index in [-0.39, 0.29) is 23.3 Å². The van der Waals surface area contributed by atoms with Gasteiger partial charge >= 0.3 is 5.97 Å². The Bertz CT molecular complexity index is 367. The van der Waals surface area contributed by atoms with Gasteiger partial charge in [-0.15, -0.1) is 0 Å². The summed E-state index contributed by atoms with van der Waals surface area (Å²) in [6.45, 7) is 2.06. The van der Waals surface area contributed by atoms with Crippen LogP contribution in [0.25, 0.3) is 0 Å². The van der Waals surface area contributed by atoms with Crippen LogP contribution in [-0.2, 0) is 10.5 Å². The molecule has 1 aromatic rings. The molecular formula is C9H13ClN2O3S. The normalized spacial score (nSPS) is 9.31. The second kappa shape index (κ2) is 7.19. The molecule has 90 valence electrons. The molecule has 16 heavy (non-hydrogen) atoms. The first kappa shape index (κ1) is 14.9. The van der Waals surface area contributed by atoms with Crippen LogP contribution in [0.1, 0.15) is 23.2 Å². The summed E-state index contributed by atoms with van der Waals surface area (Å²) < 4.78 is 10.0. The van der Waals surface area contributed by atoms with E-state index in [0.29, 0.717) is 18.1 Å². The van der Waals surface area contributed by atoms with Crippen molar-refractivity contribution in [3.8, 4) is 0 Å². The minimum atomic E-state index is -0.460. The Kier molecular flexibility index (Phi) is 6.67. The summed E-state index contributed by atoms with van der Waals surface area (Å²) in [5, 5.41) is 5.55. The molecule has 1 heterocycles. The number of ether oxygens (including phenoxy) is 1. The van der Waals surface area contributed by atoms with Gasteiger partial charge in [0.2, 0.25) is 5.76 Å². The van der Waals surface area contributed by atoms with Crippen molar-refractivity contribution < 1.29 is 31.8 Å². The molecule has 7 heteroatoms. The van der Waals surface area contributed by atoms with Crippen molar-refractivity contribution in [3.63, 3.8) is 0 Å². The van der Waals surface area contributed by atoms with E-state index in [4.69, 9.17) is 20.3 Å². The van der Waals surface area contributed by atoms with E-state index in [0.717, 1.165) is 0 Å². The largest absolute Gasteiger partial charge is 1.00 e. The molecule has 4 N–H and O–H groups in total. The van der Waals surface area contributed by atoms with Crippen LogP contribution in [0, 0.1) is 0 Å². The first-order chi connectivity index (χ1) is 7.13. The molecule has 0 unspecified atom stereocenters. The molecule has 0 bridgehead atoms. The number of thioether (sulfide) groups is 1. The van der Waals surface area contributed by atoms with Crippen molar-refractivity contribution in [1.82, 2.24) is 0 Å². The molecule has 0 radical (unpaired) electrons. The van der Waals surface area contributed by atoms with Crippen LogP contribution >= 0.6 is 11.8 Å². The van der Waals surface area contributed by atoms with Crippen molar-refractivity contribution in [2.45, 2.75) is 12.7 Å². The Hall–Kier alpha value is -1.14. The van der Waals surface area contributed by atoms with Crippen molar-refractivity contribution in [2.75, 3.05) is 6.61 Å². The highest BCUT2D eigenvalue weighted by Crippen LogP contribution is 2.15. The van der Waals surface area contributed by atoms with Gasteiger partial charge in [-0.05, 0) is 30.8 Å². The van der Waals surface area contributed by atoms with E-state index in [2.05, 4.69) is 0 Å². The number of esters is 1. The third-order valence-electron chi connectivity index (χ3n) is 1.52. The zero-order chi connectivity index (χ0) is 11.3. The molecule has 0 atom stereocenters. The predicted molar refractivity (Wildman–Crippen MR) is 57.1 cm³/mol. The average molecular weight is 265 g/mol. The van der Waals surface area contributed by atoms with Gasteiger partial charge in [0.05, 0.1) is 12.4 Å². The molecule has 1 rings (SSSR count). The van der Waals surface area contributed by atoms with Gasteiger partial charge in [0, 0.05) is 0 Å². The fraction of sp³-hybridized carbons (Fsp3) is 0.333. The van der Waals surface area contributed by atoms with Crippen LogP contribution < -0.4 is 23.5 Å². The number of hydrogen-bond acceptors (Lipinski definition) is 4. The van der Waals surface area contributed by atoms with E-state index in [1.807, 2.05) is 0 Å². The smallest absolute Gasteiger partial charge is 0.374 e. The highest BCUT2D eigenvalue weighted by molar-refractivity contribution is 8.12. The Morgan fingerprint density at radius 3 is 2.88 bits per heavy atom. The topological polar surface area (TPSA) is 91.0 Å². The molecule has 0 saturated carbocycles. The van der Waals surface area contributed by atoms with Gasteiger partial charge in [-0.2, -0.15) is 0 Å². The number of nitrogens with two attached hydrogens (primary N) is 2. The van der Waals surface area contributed by atoms with Crippen LogP contribution in [0.2, 0.25) is 0 Å². The molecular weight excluding hydrogens is 252 g/mol. The predicted octanol–water partition coefficient (Wildman–Crippen LogP) is -3.23. The van der Waals surface area contributed by atoms with Crippen molar-refractivity contribution in [1.29, 1.82) is 0 Å². The van der Waals surface area contributed by atoms with Gasteiger partial charge in [-0.25, -0.2) is 4.79 Å². The van der Waals surface area contributed by atoms with Crippen molar-refractivity contribution in [3.05, 3.63) is 23.7 Å². The summed E-state index contributed by atoms with van der Waals surface area (Å²) in [6.07, 6.45) is 0. The molecule has 1 aromatic heterocycles. The number of hydrogen-bond donors (Lipinski definition) is 2. The van der Waals surface area contributed by atoms with Gasteiger partial charge < -0.3 is 21.6 Å². The fourth-order valence-electron chi connectivity index (χ4n) is 0.922. The number of furan rings is 1. The summed E-state index contributed by atoms with van der Waals surface area (Å²) in [5.41, 5.74) is 5.28. The fourth-order valence-corrected chi connectivity index (χ4v) is 1.39. The molecule has 5 nitrogen and oxygen atoms in total. The molecule has 0 fully saturated rings. The highest BCUT2D eigenvalue weighted by Gasteiger charge is 2.12. The Morgan fingerprint density at radius 1 is 1.62 bits per heavy atom. The van der Waals surface area contributed by atoms with Crippen molar-refractivity contribution in [2.24, 2.45) is 5.73 Å². The Morgan fingerprint density at radius 2 is 2.31 bits per heavy atom. The first-order valence-electron chi connectivity index (χ1n) is 4.40. The minimum Gasteiger partial charge on any atom is -1.00 e. The van der Waals surface area contributed by atoms with Crippen LogP contribution in [0.15, 0.2) is 16.5 Å². The average Bonchev–Trinajstić information content (AvgIpc) is 2.63. The molecule has 0 aromatic carbocycles. The zero-order valence-corrected chi connectivity index (χ0v) is 10.3. The molecule has 0 saturated heterocycles. The SMILES string of the molecule is CCOC(=O)c1ccc(CSC(N)=[NH2+])o1.[Cl-]. The van der Waals surface area contributed by atoms with E-state index < -0.39 is 5.97 Å². The third kappa shape index (κ3) is 4.59. The van der Waals surface area contributed by atoms with Crippen LogP contribution in [-0.4, -0.2) is 17.7 Å². The molecule has 0 aliphatic heterocycles. The molecule has 0 aliphatic carbocycles. The molecule has 0 aliphatic rings. The van der Waals surface area contributed by atoms with Gasteiger partial charge in [0.15, 0.2) is 0 Å². The summed E-state index contributed by atoms with van der Waals surface area (Å²) in [7, 11) is 0. The van der Waals surface area contributed by atoms with E-state index >= 15 is 0 Å². The van der Waals surface area contributed by atoms with Gasteiger partial charge in [0.1, 0.15) is 5.76 Å². The number of carbonyl (C=O) groups is 1. The van der Waals surface area contributed by atoms with Crippen LogP contribution in [0.4, 0.5) is 0 Å². The van der Waals surface area contributed by atoms with Crippen LogP contribution in [0.3, 0.4) is 0 Å². The van der Waals surface area contributed by atoms with E-state index in [1.165, 1.54) is 11.8 Å². The maximum absolute atomic E-state index is 11.2. The lowest BCUT2D eigenvalue weighted by Crippen LogP contribution is -3.00. The summed E-state index contributed by atoms with van der Waals surface area (Å²) in [5.74, 6) is 0.875. The standard InChI is InChI=1S/C9H12N2O3S.ClH/c1-2-13-8(12)7-4-3-6(14-7)5-15-9(10)11;/h3-4H,2,5H2,1H3,(H3,10,11);1H. The highest BCUT2D eigenvalue weighted by atomic mass is 35.5. The van der Waals surface area contributed by atoms with Crippen molar-refractivity contribution >= 4 is 22.9 Å². The molecule has 0 spiro atoms. The third-order valence-corrected chi connectivity index (χ3v) is 2.28. The van der Waals surface area contributed by atoms with Gasteiger partial charge in [-0.1, -0.05) is 0 Å². The lowest BCUT2D eigenvalue weighted by atomic mass is 10.4. The number of rotatable bonds is 4. The summed E-state index contributed by atoms with van der Waals surface area (Å²) in [4.78, 5) is 11.2.